The molecule has 3 heteroatoms. The topological polar surface area (TPSA) is 46.5 Å². The number of aliphatic hydroxyl groups excluding tert-OH is 1. The van der Waals surface area contributed by atoms with Crippen LogP contribution in [0.15, 0.2) is 18.2 Å². The number of rotatable bonds is 2. The predicted octanol–water partition coefficient (Wildman–Crippen LogP) is 2.98. The first kappa shape index (κ1) is 14.3. The third kappa shape index (κ3) is 2.45. The Bertz CT molecular complexity index is 594. The Hall–Kier alpha value is -1.35. The van der Waals surface area contributed by atoms with Crippen molar-refractivity contribution in [3.8, 4) is 0 Å². The fraction of sp³-hybridized carbons (Fsp3) is 0.632. The van der Waals surface area contributed by atoms with Crippen molar-refractivity contribution in [1.82, 2.24) is 0 Å². The van der Waals surface area contributed by atoms with Crippen LogP contribution in [0.25, 0.3) is 0 Å². The molecule has 0 unspecified atom stereocenters. The van der Waals surface area contributed by atoms with Crippen LogP contribution in [0.1, 0.15) is 54.7 Å². The van der Waals surface area contributed by atoms with E-state index >= 15 is 0 Å². The van der Waals surface area contributed by atoms with Crippen LogP contribution in [0, 0.1) is 11.3 Å². The number of aliphatic hydroxyl groups is 1. The monoisotopic (exact) mass is 300 g/mol. The van der Waals surface area contributed by atoms with Gasteiger partial charge in [0, 0.05) is 12.0 Å². The normalized spacial score (nSPS) is 34.0. The number of cyclic esters (lactones) is 1. The minimum Gasteiger partial charge on any atom is -0.465 e. The van der Waals surface area contributed by atoms with Gasteiger partial charge >= 0.3 is 5.97 Å². The summed E-state index contributed by atoms with van der Waals surface area (Å²) in [4.78, 5) is 11.5. The molecule has 3 nitrogen and oxygen atoms in total. The number of ether oxygens (including phenoxy) is 1. The number of fused-ring (bicyclic) bond motifs is 1. The standard InChI is InChI=1S/C19H24O3/c20-11-13-1-2-15-8-16(4-3-14(15)7-13)17-5-6-19(9-17)10-18(21)22-12-19/h3-4,8,13,17,20H,1-2,5-7,9-12H2/t13-,17+,19+/m1/s1. The zero-order valence-corrected chi connectivity index (χ0v) is 13.0. The van der Waals surface area contributed by atoms with E-state index in [1.165, 1.54) is 23.1 Å². The molecule has 0 bridgehead atoms. The Morgan fingerprint density at radius 1 is 1.27 bits per heavy atom. The van der Waals surface area contributed by atoms with Gasteiger partial charge in [-0.05, 0) is 67.1 Å². The maximum Gasteiger partial charge on any atom is 0.306 e. The third-order valence-electron chi connectivity index (χ3n) is 6.05. The fourth-order valence-corrected chi connectivity index (χ4v) is 4.69. The quantitative estimate of drug-likeness (QED) is 0.854. The Morgan fingerprint density at radius 2 is 2.18 bits per heavy atom. The molecule has 1 aromatic rings. The summed E-state index contributed by atoms with van der Waals surface area (Å²) < 4.78 is 5.23. The zero-order valence-electron chi connectivity index (χ0n) is 13.0. The Labute approximate surface area is 131 Å². The molecule has 3 atom stereocenters. The second-order valence-corrected chi connectivity index (χ2v) is 7.60. The van der Waals surface area contributed by atoms with Crippen molar-refractivity contribution < 1.29 is 14.6 Å². The molecule has 0 amide bonds. The number of aryl methyl sites for hydroxylation is 1. The first-order valence-electron chi connectivity index (χ1n) is 8.56. The summed E-state index contributed by atoms with van der Waals surface area (Å²) in [5, 5.41) is 9.34. The van der Waals surface area contributed by atoms with Crippen LogP contribution in [-0.4, -0.2) is 24.3 Å². The molecule has 1 heterocycles. The molecular weight excluding hydrogens is 276 g/mol. The highest BCUT2D eigenvalue weighted by atomic mass is 16.5. The van der Waals surface area contributed by atoms with Gasteiger partial charge in [-0.25, -0.2) is 0 Å². The van der Waals surface area contributed by atoms with Crippen LogP contribution in [-0.2, 0) is 22.4 Å². The van der Waals surface area contributed by atoms with Crippen molar-refractivity contribution in [3.05, 3.63) is 34.9 Å². The SMILES string of the molecule is O=C1C[C@@]2(CC[C@H](c3ccc4c(c3)CC[C@@H](CO)C4)C2)CO1. The second kappa shape index (κ2) is 5.38. The highest BCUT2D eigenvalue weighted by Crippen LogP contribution is 2.51. The molecule has 3 aliphatic rings. The zero-order chi connectivity index (χ0) is 15.2. The predicted molar refractivity (Wildman–Crippen MR) is 83.6 cm³/mol. The van der Waals surface area contributed by atoms with E-state index in [4.69, 9.17) is 4.74 Å². The van der Waals surface area contributed by atoms with Crippen LogP contribution in [0.4, 0.5) is 0 Å². The molecule has 22 heavy (non-hydrogen) atoms. The summed E-state index contributed by atoms with van der Waals surface area (Å²) in [6, 6.07) is 6.94. The van der Waals surface area contributed by atoms with Gasteiger partial charge in [-0.3, -0.25) is 4.79 Å². The molecule has 1 saturated heterocycles. The Kier molecular flexibility index (Phi) is 3.48. The van der Waals surface area contributed by atoms with E-state index < -0.39 is 0 Å². The van der Waals surface area contributed by atoms with Gasteiger partial charge in [0.1, 0.15) is 0 Å². The lowest BCUT2D eigenvalue weighted by molar-refractivity contribution is -0.137. The molecular formula is C19H24O3. The number of hydrogen-bond donors (Lipinski definition) is 1. The molecule has 4 rings (SSSR count). The van der Waals surface area contributed by atoms with E-state index in [0.717, 1.165) is 32.1 Å². The van der Waals surface area contributed by atoms with Gasteiger partial charge in [-0.1, -0.05) is 18.2 Å². The van der Waals surface area contributed by atoms with Crippen molar-refractivity contribution >= 4 is 5.97 Å². The molecule has 0 aromatic heterocycles. The minimum absolute atomic E-state index is 0.0128. The van der Waals surface area contributed by atoms with Gasteiger partial charge < -0.3 is 9.84 Å². The number of carbonyl (C=O) groups is 1. The maximum atomic E-state index is 11.5. The lowest BCUT2D eigenvalue weighted by Gasteiger charge is -2.25. The molecule has 2 fully saturated rings. The summed E-state index contributed by atoms with van der Waals surface area (Å²) in [7, 11) is 0. The van der Waals surface area contributed by atoms with E-state index in [9.17, 15) is 9.90 Å². The van der Waals surface area contributed by atoms with Crippen LogP contribution < -0.4 is 0 Å². The van der Waals surface area contributed by atoms with Crippen molar-refractivity contribution in [3.63, 3.8) is 0 Å². The molecule has 1 aliphatic heterocycles. The van der Waals surface area contributed by atoms with Gasteiger partial charge in [-0.15, -0.1) is 0 Å². The van der Waals surface area contributed by atoms with Gasteiger partial charge in [0.15, 0.2) is 0 Å². The number of hydrogen-bond acceptors (Lipinski definition) is 3. The lowest BCUT2D eigenvalue weighted by Crippen LogP contribution is -2.18. The molecule has 118 valence electrons. The summed E-state index contributed by atoms with van der Waals surface area (Å²) in [6.45, 7) is 0.936. The number of carbonyl (C=O) groups excluding carboxylic acids is 1. The summed E-state index contributed by atoms with van der Waals surface area (Å²) in [5.41, 5.74) is 4.46. The van der Waals surface area contributed by atoms with Crippen molar-refractivity contribution in [1.29, 1.82) is 0 Å². The first-order chi connectivity index (χ1) is 10.7. The van der Waals surface area contributed by atoms with Crippen LogP contribution in [0.2, 0.25) is 0 Å². The van der Waals surface area contributed by atoms with Crippen molar-refractivity contribution in [2.75, 3.05) is 13.2 Å². The van der Waals surface area contributed by atoms with Gasteiger partial charge in [0.05, 0.1) is 13.0 Å². The van der Waals surface area contributed by atoms with Crippen LogP contribution >= 0.6 is 0 Å². The Morgan fingerprint density at radius 3 is 2.95 bits per heavy atom. The first-order valence-corrected chi connectivity index (χ1v) is 8.56. The summed E-state index contributed by atoms with van der Waals surface area (Å²) >= 11 is 0. The average Bonchev–Trinajstić information content (AvgIpc) is 3.13. The van der Waals surface area contributed by atoms with E-state index in [2.05, 4.69) is 18.2 Å². The molecule has 0 radical (unpaired) electrons. The summed E-state index contributed by atoms with van der Waals surface area (Å²) in [6.07, 6.45) is 7.21. The molecule has 1 N–H and O–H groups in total. The largest absolute Gasteiger partial charge is 0.465 e. The van der Waals surface area contributed by atoms with E-state index in [1.807, 2.05) is 0 Å². The van der Waals surface area contributed by atoms with E-state index in [-0.39, 0.29) is 11.4 Å². The van der Waals surface area contributed by atoms with Gasteiger partial charge in [0.25, 0.3) is 0 Å². The molecule has 2 aliphatic carbocycles. The lowest BCUT2D eigenvalue weighted by atomic mass is 9.80. The fourth-order valence-electron chi connectivity index (χ4n) is 4.69. The minimum atomic E-state index is -0.0128. The highest BCUT2D eigenvalue weighted by Gasteiger charge is 2.46. The number of esters is 1. The van der Waals surface area contributed by atoms with Gasteiger partial charge in [0.2, 0.25) is 0 Å². The van der Waals surface area contributed by atoms with E-state index in [1.54, 1.807) is 0 Å². The van der Waals surface area contributed by atoms with Gasteiger partial charge in [-0.2, -0.15) is 0 Å². The molecule has 1 spiro atoms. The van der Waals surface area contributed by atoms with Crippen LogP contribution in [0.5, 0.6) is 0 Å². The third-order valence-corrected chi connectivity index (χ3v) is 6.05. The van der Waals surface area contributed by atoms with Crippen molar-refractivity contribution in [2.45, 2.75) is 50.9 Å². The maximum absolute atomic E-state index is 11.5. The van der Waals surface area contributed by atoms with Crippen molar-refractivity contribution in [2.24, 2.45) is 11.3 Å². The average molecular weight is 300 g/mol. The van der Waals surface area contributed by atoms with Crippen LogP contribution in [0.3, 0.4) is 0 Å². The second-order valence-electron chi connectivity index (χ2n) is 7.60. The highest BCUT2D eigenvalue weighted by molar-refractivity contribution is 5.72. The van der Waals surface area contributed by atoms with E-state index in [0.29, 0.717) is 31.5 Å². The Balaban J connectivity index is 1.51. The smallest absolute Gasteiger partial charge is 0.306 e. The molecule has 1 saturated carbocycles. The molecule has 1 aromatic carbocycles. The number of benzene rings is 1. The summed E-state index contributed by atoms with van der Waals surface area (Å²) in [5.74, 6) is 1.01.